The monoisotopic (exact) mass is 330 g/mol. The Labute approximate surface area is 145 Å². The van der Waals surface area contributed by atoms with Crippen molar-refractivity contribution in [3.05, 3.63) is 34.9 Å². The Morgan fingerprint density at radius 2 is 1.57 bits per heavy atom. The summed E-state index contributed by atoms with van der Waals surface area (Å²) in [5, 5.41) is 0. The molecular formula is C19H27BO2S. The summed E-state index contributed by atoms with van der Waals surface area (Å²) >= 11 is 2.01. The van der Waals surface area contributed by atoms with Crippen molar-refractivity contribution in [3.8, 4) is 0 Å². The van der Waals surface area contributed by atoms with Crippen LogP contribution in [0.25, 0.3) is 5.57 Å². The summed E-state index contributed by atoms with van der Waals surface area (Å²) in [6.07, 6.45) is 3.56. The number of benzene rings is 1. The van der Waals surface area contributed by atoms with Crippen LogP contribution in [0, 0.1) is 13.8 Å². The molecule has 2 aliphatic rings. The molecule has 2 nitrogen and oxygen atoms in total. The maximum atomic E-state index is 6.21. The topological polar surface area (TPSA) is 18.5 Å². The van der Waals surface area contributed by atoms with Gasteiger partial charge in [0.05, 0.1) is 11.2 Å². The van der Waals surface area contributed by atoms with Gasteiger partial charge in [0.25, 0.3) is 0 Å². The van der Waals surface area contributed by atoms with Gasteiger partial charge >= 0.3 is 7.12 Å². The molecule has 1 fully saturated rings. The molecule has 2 heterocycles. The van der Waals surface area contributed by atoms with Crippen molar-refractivity contribution in [2.24, 2.45) is 0 Å². The third-order valence-electron chi connectivity index (χ3n) is 5.36. The quantitative estimate of drug-likeness (QED) is 0.760. The van der Waals surface area contributed by atoms with Crippen LogP contribution in [0.2, 0.25) is 0 Å². The number of allylic oxidation sites excluding steroid dienone is 1. The lowest BCUT2D eigenvalue weighted by atomic mass is 9.76. The Hall–Kier alpha value is -0.705. The maximum Gasteiger partial charge on any atom is 0.494 e. The van der Waals surface area contributed by atoms with Gasteiger partial charge in [0.1, 0.15) is 0 Å². The van der Waals surface area contributed by atoms with Crippen molar-refractivity contribution in [2.75, 3.05) is 11.5 Å². The third kappa shape index (κ3) is 3.13. The van der Waals surface area contributed by atoms with Gasteiger partial charge in [-0.1, -0.05) is 18.2 Å². The van der Waals surface area contributed by atoms with Gasteiger partial charge in [-0.3, -0.25) is 0 Å². The molecule has 0 atom stereocenters. The highest BCUT2D eigenvalue weighted by atomic mass is 32.2. The van der Waals surface area contributed by atoms with Crippen LogP contribution in [0.1, 0.15) is 50.8 Å². The van der Waals surface area contributed by atoms with E-state index in [-0.39, 0.29) is 18.3 Å². The van der Waals surface area contributed by atoms with Gasteiger partial charge in [-0.15, -0.1) is 0 Å². The Bertz CT molecular complexity index is 610. The van der Waals surface area contributed by atoms with Crippen molar-refractivity contribution in [1.29, 1.82) is 0 Å². The average Bonchev–Trinajstić information content (AvgIpc) is 2.68. The molecule has 0 unspecified atom stereocenters. The van der Waals surface area contributed by atoms with Gasteiger partial charge < -0.3 is 9.31 Å². The molecule has 0 bridgehead atoms. The van der Waals surface area contributed by atoms with Crippen LogP contribution in [-0.4, -0.2) is 29.8 Å². The van der Waals surface area contributed by atoms with Crippen LogP contribution < -0.4 is 5.46 Å². The number of thioether (sulfide) groups is 1. The van der Waals surface area contributed by atoms with Gasteiger partial charge in [-0.25, -0.2) is 0 Å². The predicted molar refractivity (Wildman–Crippen MR) is 102 cm³/mol. The molecule has 0 N–H and O–H groups in total. The largest absolute Gasteiger partial charge is 0.494 e. The summed E-state index contributed by atoms with van der Waals surface area (Å²) in [6.45, 7) is 12.8. The van der Waals surface area contributed by atoms with E-state index in [0.717, 1.165) is 11.2 Å². The molecule has 0 saturated carbocycles. The van der Waals surface area contributed by atoms with Gasteiger partial charge in [0.15, 0.2) is 0 Å². The maximum absolute atomic E-state index is 6.21. The summed E-state index contributed by atoms with van der Waals surface area (Å²) in [7, 11) is -0.276. The fourth-order valence-electron chi connectivity index (χ4n) is 3.37. The lowest BCUT2D eigenvalue weighted by molar-refractivity contribution is 0.00578. The van der Waals surface area contributed by atoms with Crippen molar-refractivity contribution in [3.63, 3.8) is 0 Å². The first-order valence-electron chi connectivity index (χ1n) is 8.45. The minimum Gasteiger partial charge on any atom is -0.399 e. The molecule has 3 rings (SSSR count). The molecule has 0 aromatic heterocycles. The first-order valence-corrected chi connectivity index (χ1v) is 9.61. The molecule has 0 spiro atoms. The highest BCUT2D eigenvalue weighted by Crippen LogP contribution is 2.37. The van der Waals surface area contributed by atoms with E-state index >= 15 is 0 Å². The molecule has 0 radical (unpaired) electrons. The molecular weight excluding hydrogens is 303 g/mol. The second-order valence-corrected chi connectivity index (χ2v) is 8.82. The Kier molecular flexibility index (Phi) is 4.45. The first kappa shape index (κ1) is 17.1. The summed E-state index contributed by atoms with van der Waals surface area (Å²) in [5.41, 5.74) is 6.13. The van der Waals surface area contributed by atoms with Crippen LogP contribution in [0.4, 0.5) is 0 Å². The van der Waals surface area contributed by atoms with E-state index in [1.54, 1.807) is 0 Å². The molecule has 124 valence electrons. The number of hydrogen-bond acceptors (Lipinski definition) is 3. The molecule has 23 heavy (non-hydrogen) atoms. The zero-order valence-corrected chi connectivity index (χ0v) is 16.0. The van der Waals surface area contributed by atoms with E-state index in [1.807, 2.05) is 11.8 Å². The van der Waals surface area contributed by atoms with Crippen LogP contribution in [-0.2, 0) is 9.31 Å². The molecule has 4 heteroatoms. The summed E-state index contributed by atoms with van der Waals surface area (Å²) < 4.78 is 12.4. The zero-order chi connectivity index (χ0) is 16.8. The van der Waals surface area contributed by atoms with Crippen LogP contribution in [0.3, 0.4) is 0 Å². The number of rotatable bonds is 2. The normalized spacial score (nSPS) is 23.0. The van der Waals surface area contributed by atoms with E-state index in [2.05, 4.69) is 59.8 Å². The molecule has 0 amide bonds. The van der Waals surface area contributed by atoms with Crippen molar-refractivity contribution in [2.45, 2.75) is 59.2 Å². The summed E-state index contributed by atoms with van der Waals surface area (Å²) in [4.78, 5) is 0. The zero-order valence-electron chi connectivity index (χ0n) is 15.2. The summed E-state index contributed by atoms with van der Waals surface area (Å²) in [6, 6.07) is 4.49. The highest BCUT2D eigenvalue weighted by molar-refractivity contribution is 7.99. The molecule has 1 aromatic rings. The van der Waals surface area contributed by atoms with Gasteiger partial charge in [-0.05, 0) is 81.4 Å². The van der Waals surface area contributed by atoms with E-state index in [4.69, 9.17) is 9.31 Å². The van der Waals surface area contributed by atoms with E-state index in [0.29, 0.717) is 0 Å². The van der Waals surface area contributed by atoms with E-state index in [1.165, 1.54) is 34.4 Å². The van der Waals surface area contributed by atoms with Gasteiger partial charge in [0, 0.05) is 5.75 Å². The second kappa shape index (κ2) is 5.98. The molecule has 1 aromatic carbocycles. The molecule has 2 aliphatic heterocycles. The Balaban J connectivity index is 1.93. The smallest absolute Gasteiger partial charge is 0.399 e. The second-order valence-electron chi connectivity index (χ2n) is 7.67. The van der Waals surface area contributed by atoms with Crippen molar-refractivity contribution >= 4 is 29.9 Å². The minimum absolute atomic E-state index is 0.276. The minimum atomic E-state index is -0.290. The number of hydrogen-bond donors (Lipinski definition) is 0. The van der Waals surface area contributed by atoms with Crippen LogP contribution in [0.15, 0.2) is 18.2 Å². The van der Waals surface area contributed by atoms with Gasteiger partial charge in [-0.2, -0.15) is 11.8 Å². The van der Waals surface area contributed by atoms with E-state index in [9.17, 15) is 0 Å². The molecule has 1 saturated heterocycles. The Morgan fingerprint density at radius 3 is 2.04 bits per heavy atom. The Morgan fingerprint density at radius 1 is 1.00 bits per heavy atom. The van der Waals surface area contributed by atoms with Crippen LogP contribution in [0.5, 0.6) is 0 Å². The average molecular weight is 330 g/mol. The van der Waals surface area contributed by atoms with E-state index < -0.39 is 0 Å². The SMILES string of the molecule is Cc1cc(B2OC(C)(C)C(C)(C)O2)cc(C)c1C1=CCSCC1. The van der Waals surface area contributed by atoms with Crippen molar-refractivity contribution < 1.29 is 9.31 Å². The first-order chi connectivity index (χ1) is 10.7. The standard InChI is InChI=1S/C19H27BO2S/c1-13-11-16(20-21-18(3,4)19(5,6)22-20)12-14(2)17(13)15-7-9-23-10-8-15/h7,11-12H,8-10H2,1-6H3. The van der Waals surface area contributed by atoms with Crippen molar-refractivity contribution in [1.82, 2.24) is 0 Å². The van der Waals surface area contributed by atoms with Gasteiger partial charge in [0.2, 0.25) is 0 Å². The summed E-state index contributed by atoms with van der Waals surface area (Å²) in [5.74, 6) is 2.36. The predicted octanol–water partition coefficient (Wildman–Crippen LogP) is 4.12. The van der Waals surface area contributed by atoms with Crippen LogP contribution >= 0.6 is 11.8 Å². The third-order valence-corrected chi connectivity index (χ3v) is 6.26. The highest BCUT2D eigenvalue weighted by Gasteiger charge is 2.51. The lowest BCUT2D eigenvalue weighted by Gasteiger charge is -2.32. The fraction of sp³-hybridized carbons (Fsp3) is 0.579. The lowest BCUT2D eigenvalue weighted by Crippen LogP contribution is -2.41. The number of aryl methyl sites for hydroxylation is 2. The molecule has 0 aliphatic carbocycles. The fourth-order valence-corrected chi connectivity index (χ4v) is 4.22.